The maximum atomic E-state index is 12.3. The van der Waals surface area contributed by atoms with E-state index in [1.165, 1.54) is 5.56 Å². The summed E-state index contributed by atoms with van der Waals surface area (Å²) in [6.45, 7) is 5.30. The first kappa shape index (κ1) is 18.6. The molecule has 0 aliphatic heterocycles. The lowest BCUT2D eigenvalue weighted by Crippen LogP contribution is -2.23. The summed E-state index contributed by atoms with van der Waals surface area (Å²) in [7, 11) is 0. The maximum absolute atomic E-state index is 12.3. The van der Waals surface area contributed by atoms with E-state index in [1.54, 1.807) is 10.9 Å². The van der Waals surface area contributed by atoms with Crippen LogP contribution < -0.4 is 10.1 Å². The third kappa shape index (κ3) is 4.94. The number of carbonyl (C=O) groups excluding carboxylic acids is 1. The lowest BCUT2D eigenvalue weighted by molar-refractivity contribution is 0.0946. The van der Waals surface area contributed by atoms with Gasteiger partial charge in [0.1, 0.15) is 5.75 Å². The minimum Gasteiger partial charge on any atom is -0.494 e. The minimum atomic E-state index is -0.252. The number of carbonyl (C=O) groups is 1. The van der Waals surface area contributed by atoms with Crippen molar-refractivity contribution >= 4 is 5.91 Å². The highest BCUT2D eigenvalue weighted by atomic mass is 16.5. The fourth-order valence-corrected chi connectivity index (χ4v) is 2.57. The monoisotopic (exact) mass is 364 g/mol. The Balaban J connectivity index is 1.57. The second-order valence-electron chi connectivity index (χ2n) is 6.24. The van der Waals surface area contributed by atoms with Crippen molar-refractivity contribution in [3.63, 3.8) is 0 Å². The van der Waals surface area contributed by atoms with Crippen LogP contribution in [0.15, 0.2) is 54.7 Å². The quantitative estimate of drug-likeness (QED) is 0.664. The predicted molar refractivity (Wildman–Crippen MR) is 104 cm³/mol. The Morgan fingerprint density at radius 2 is 1.74 bits per heavy atom. The molecule has 0 radical (unpaired) electrons. The van der Waals surface area contributed by atoms with Gasteiger partial charge in [-0.25, -0.2) is 4.68 Å². The number of ether oxygens (including phenoxy) is 1. The number of amides is 1. The van der Waals surface area contributed by atoms with Crippen LogP contribution in [0, 0.1) is 0 Å². The number of rotatable bonds is 8. The summed E-state index contributed by atoms with van der Waals surface area (Å²) >= 11 is 0. The molecule has 0 atom stereocenters. The van der Waals surface area contributed by atoms with Gasteiger partial charge in [-0.3, -0.25) is 4.79 Å². The fourth-order valence-electron chi connectivity index (χ4n) is 2.57. The van der Waals surface area contributed by atoms with Crippen molar-refractivity contribution in [1.82, 2.24) is 20.3 Å². The Morgan fingerprint density at radius 1 is 1.04 bits per heavy atom. The molecule has 1 N–H and O–H groups in total. The first-order valence-electron chi connectivity index (χ1n) is 9.21. The molecule has 2 aromatic carbocycles. The summed E-state index contributed by atoms with van der Waals surface area (Å²) in [4.78, 5) is 12.3. The SMILES string of the molecule is CCCOc1ccc(CNC(=O)c2cn(-c3ccc(CC)cc3)nn2)cc1. The van der Waals surface area contributed by atoms with Crippen molar-refractivity contribution in [3.8, 4) is 11.4 Å². The van der Waals surface area contributed by atoms with Crippen molar-refractivity contribution in [2.75, 3.05) is 6.61 Å². The number of benzene rings is 2. The van der Waals surface area contributed by atoms with Gasteiger partial charge in [-0.15, -0.1) is 5.10 Å². The minimum absolute atomic E-state index is 0.252. The van der Waals surface area contributed by atoms with E-state index < -0.39 is 0 Å². The largest absolute Gasteiger partial charge is 0.494 e. The number of nitrogens with zero attached hydrogens (tertiary/aromatic N) is 3. The number of nitrogens with one attached hydrogen (secondary N) is 1. The van der Waals surface area contributed by atoms with Crippen LogP contribution in [-0.2, 0) is 13.0 Å². The molecule has 0 bridgehead atoms. The molecule has 0 saturated heterocycles. The molecular weight excluding hydrogens is 340 g/mol. The summed E-state index contributed by atoms with van der Waals surface area (Å²) in [5, 5.41) is 10.9. The molecule has 0 spiro atoms. The molecule has 6 heteroatoms. The molecule has 1 heterocycles. The van der Waals surface area contributed by atoms with Crippen LogP contribution in [0.4, 0.5) is 0 Å². The van der Waals surface area contributed by atoms with E-state index in [1.807, 2.05) is 48.5 Å². The highest BCUT2D eigenvalue weighted by Gasteiger charge is 2.11. The van der Waals surface area contributed by atoms with Crippen LogP contribution >= 0.6 is 0 Å². The molecule has 6 nitrogen and oxygen atoms in total. The van der Waals surface area contributed by atoms with Crippen molar-refractivity contribution < 1.29 is 9.53 Å². The van der Waals surface area contributed by atoms with Gasteiger partial charge in [0.25, 0.3) is 5.91 Å². The molecular formula is C21H24N4O2. The van der Waals surface area contributed by atoms with E-state index in [4.69, 9.17) is 4.74 Å². The molecule has 3 aromatic rings. The van der Waals surface area contributed by atoms with Gasteiger partial charge < -0.3 is 10.1 Å². The smallest absolute Gasteiger partial charge is 0.273 e. The number of hydrogen-bond acceptors (Lipinski definition) is 4. The summed E-state index contributed by atoms with van der Waals surface area (Å²) < 4.78 is 7.16. The molecule has 1 amide bonds. The highest BCUT2D eigenvalue weighted by Crippen LogP contribution is 2.13. The van der Waals surface area contributed by atoms with Gasteiger partial charge >= 0.3 is 0 Å². The summed E-state index contributed by atoms with van der Waals surface area (Å²) in [6, 6.07) is 15.7. The van der Waals surface area contributed by atoms with Crippen molar-refractivity contribution in [2.45, 2.75) is 33.2 Å². The lowest BCUT2D eigenvalue weighted by atomic mass is 10.1. The molecule has 0 fully saturated rings. The molecule has 0 unspecified atom stereocenters. The zero-order valence-electron chi connectivity index (χ0n) is 15.7. The van der Waals surface area contributed by atoms with E-state index in [2.05, 4.69) is 29.5 Å². The van der Waals surface area contributed by atoms with Gasteiger partial charge in [-0.05, 0) is 48.2 Å². The van der Waals surface area contributed by atoms with Gasteiger partial charge in [-0.1, -0.05) is 43.3 Å². The Morgan fingerprint density at radius 3 is 2.41 bits per heavy atom. The molecule has 27 heavy (non-hydrogen) atoms. The topological polar surface area (TPSA) is 69.0 Å². The third-order valence-electron chi connectivity index (χ3n) is 4.18. The Labute approximate surface area is 159 Å². The predicted octanol–water partition coefficient (Wildman–Crippen LogP) is 3.55. The zero-order valence-corrected chi connectivity index (χ0v) is 15.7. The second-order valence-corrected chi connectivity index (χ2v) is 6.24. The van der Waals surface area contributed by atoms with E-state index >= 15 is 0 Å². The van der Waals surface area contributed by atoms with Gasteiger partial charge in [0.15, 0.2) is 5.69 Å². The van der Waals surface area contributed by atoms with Gasteiger partial charge in [0, 0.05) is 6.54 Å². The number of hydrogen-bond donors (Lipinski definition) is 1. The average Bonchev–Trinajstić information content (AvgIpc) is 3.21. The summed E-state index contributed by atoms with van der Waals surface area (Å²) in [6.07, 6.45) is 3.59. The van der Waals surface area contributed by atoms with Gasteiger partial charge in [0.05, 0.1) is 18.5 Å². The molecule has 0 saturated carbocycles. The van der Waals surface area contributed by atoms with Crippen molar-refractivity contribution in [2.24, 2.45) is 0 Å². The lowest BCUT2D eigenvalue weighted by Gasteiger charge is -2.06. The van der Waals surface area contributed by atoms with E-state index in [9.17, 15) is 4.79 Å². The molecule has 0 aliphatic rings. The van der Waals surface area contributed by atoms with Crippen molar-refractivity contribution in [1.29, 1.82) is 0 Å². The molecule has 0 aliphatic carbocycles. The van der Waals surface area contributed by atoms with Crippen LogP contribution in [0.1, 0.15) is 41.9 Å². The van der Waals surface area contributed by atoms with Crippen LogP contribution in [-0.4, -0.2) is 27.5 Å². The highest BCUT2D eigenvalue weighted by molar-refractivity contribution is 5.91. The van der Waals surface area contributed by atoms with Crippen LogP contribution in [0.5, 0.6) is 5.75 Å². The summed E-state index contributed by atoms with van der Waals surface area (Å²) in [5.41, 5.74) is 3.41. The van der Waals surface area contributed by atoms with Gasteiger partial charge in [0.2, 0.25) is 0 Å². The summed E-state index contributed by atoms with van der Waals surface area (Å²) in [5.74, 6) is 0.585. The van der Waals surface area contributed by atoms with Crippen LogP contribution in [0.25, 0.3) is 5.69 Å². The van der Waals surface area contributed by atoms with E-state index in [0.717, 1.165) is 29.8 Å². The first-order valence-corrected chi connectivity index (χ1v) is 9.21. The standard InChI is InChI=1S/C21H24N4O2/c1-3-13-27-19-11-7-17(8-12-19)14-22-21(26)20-15-25(24-23-20)18-9-5-16(4-2)6-10-18/h5-12,15H,3-4,13-14H2,1-2H3,(H,22,26). The fraction of sp³-hybridized carbons (Fsp3) is 0.286. The maximum Gasteiger partial charge on any atom is 0.273 e. The Kier molecular flexibility index (Phi) is 6.20. The average molecular weight is 364 g/mol. The molecule has 3 rings (SSSR count). The Hall–Kier alpha value is -3.15. The molecule has 1 aromatic heterocycles. The van der Waals surface area contributed by atoms with Crippen LogP contribution in [0.2, 0.25) is 0 Å². The molecule has 140 valence electrons. The third-order valence-corrected chi connectivity index (χ3v) is 4.18. The van der Waals surface area contributed by atoms with E-state index in [0.29, 0.717) is 13.2 Å². The van der Waals surface area contributed by atoms with Gasteiger partial charge in [-0.2, -0.15) is 0 Å². The number of aryl methyl sites for hydroxylation is 1. The van der Waals surface area contributed by atoms with Crippen molar-refractivity contribution in [3.05, 3.63) is 71.5 Å². The zero-order chi connectivity index (χ0) is 19.1. The number of aromatic nitrogens is 3. The normalized spacial score (nSPS) is 10.6. The first-order chi connectivity index (χ1) is 13.2. The Bertz CT molecular complexity index is 870. The second kappa shape index (κ2) is 8.98. The van der Waals surface area contributed by atoms with E-state index in [-0.39, 0.29) is 11.6 Å². The van der Waals surface area contributed by atoms with Crippen LogP contribution in [0.3, 0.4) is 0 Å².